The van der Waals surface area contributed by atoms with Crippen LogP contribution in [-0.2, 0) is 0 Å². The Bertz CT molecular complexity index is 897. The van der Waals surface area contributed by atoms with Gasteiger partial charge in [0.25, 0.3) is 5.91 Å². The lowest BCUT2D eigenvalue weighted by atomic mass is 10.2. The van der Waals surface area contributed by atoms with Crippen LogP contribution in [0.2, 0.25) is 0 Å². The molecule has 134 valence electrons. The van der Waals surface area contributed by atoms with Gasteiger partial charge in [0, 0.05) is 61.5 Å². The second-order valence-corrected chi connectivity index (χ2v) is 7.14. The van der Waals surface area contributed by atoms with E-state index in [0.29, 0.717) is 13.1 Å². The minimum Gasteiger partial charge on any atom is -0.337 e. The molecule has 1 saturated heterocycles. The molecular formula is C18H20N6OS. The van der Waals surface area contributed by atoms with Crippen LogP contribution in [0.4, 0.5) is 5.95 Å². The van der Waals surface area contributed by atoms with Gasteiger partial charge in [0.05, 0.1) is 5.56 Å². The maximum absolute atomic E-state index is 13.0. The fourth-order valence-electron chi connectivity index (χ4n) is 3.33. The fraction of sp³-hybridized carbons (Fsp3) is 0.333. The highest BCUT2D eigenvalue weighted by Gasteiger charge is 2.26. The summed E-state index contributed by atoms with van der Waals surface area (Å²) in [7, 11) is 0. The van der Waals surface area contributed by atoms with Crippen LogP contribution in [0, 0.1) is 13.8 Å². The zero-order chi connectivity index (χ0) is 18.1. The number of anilines is 1. The van der Waals surface area contributed by atoms with E-state index in [1.807, 2.05) is 40.8 Å². The summed E-state index contributed by atoms with van der Waals surface area (Å²) in [5, 5.41) is 2.84. The van der Waals surface area contributed by atoms with Crippen molar-refractivity contribution in [3.05, 3.63) is 53.1 Å². The number of hydrogen-bond donors (Lipinski definition) is 0. The van der Waals surface area contributed by atoms with E-state index in [0.717, 1.165) is 41.1 Å². The van der Waals surface area contributed by atoms with Crippen molar-refractivity contribution in [3.63, 3.8) is 0 Å². The monoisotopic (exact) mass is 368 g/mol. The van der Waals surface area contributed by atoms with Gasteiger partial charge in [-0.25, -0.2) is 15.0 Å². The lowest BCUT2D eigenvalue weighted by Gasteiger charge is -2.34. The normalized spacial score (nSPS) is 14.7. The molecule has 3 aromatic heterocycles. The maximum Gasteiger partial charge on any atom is 0.255 e. The molecule has 1 aliphatic rings. The minimum atomic E-state index is 0.0783. The van der Waals surface area contributed by atoms with Gasteiger partial charge in [-0.2, -0.15) is 0 Å². The second kappa shape index (κ2) is 6.87. The molecule has 0 unspecified atom stereocenters. The predicted molar refractivity (Wildman–Crippen MR) is 101 cm³/mol. The first-order chi connectivity index (χ1) is 12.6. The molecule has 0 bridgehead atoms. The van der Waals surface area contributed by atoms with Crippen LogP contribution in [0.1, 0.15) is 21.7 Å². The fourth-order valence-corrected chi connectivity index (χ4v) is 4.09. The van der Waals surface area contributed by atoms with E-state index in [2.05, 4.69) is 19.9 Å². The molecule has 1 fully saturated rings. The van der Waals surface area contributed by atoms with Gasteiger partial charge < -0.3 is 9.80 Å². The number of carbonyl (C=O) groups excluding carboxylic acids is 1. The average Bonchev–Trinajstić information content (AvgIpc) is 3.30. The molecule has 0 saturated carbocycles. The lowest BCUT2D eigenvalue weighted by Crippen LogP contribution is -2.49. The van der Waals surface area contributed by atoms with Crippen molar-refractivity contribution in [3.8, 4) is 5.13 Å². The molecule has 1 aliphatic heterocycles. The molecule has 0 aromatic carbocycles. The third kappa shape index (κ3) is 2.96. The Morgan fingerprint density at radius 2 is 1.77 bits per heavy atom. The van der Waals surface area contributed by atoms with Crippen LogP contribution in [0.5, 0.6) is 0 Å². The summed E-state index contributed by atoms with van der Waals surface area (Å²) in [5.74, 6) is 0.802. The van der Waals surface area contributed by atoms with Crippen molar-refractivity contribution in [1.29, 1.82) is 0 Å². The van der Waals surface area contributed by atoms with E-state index >= 15 is 0 Å². The van der Waals surface area contributed by atoms with Crippen molar-refractivity contribution in [2.45, 2.75) is 13.8 Å². The van der Waals surface area contributed by atoms with Crippen LogP contribution < -0.4 is 4.90 Å². The molecule has 0 radical (unpaired) electrons. The molecule has 0 aliphatic carbocycles. The molecule has 26 heavy (non-hydrogen) atoms. The molecule has 8 heteroatoms. The van der Waals surface area contributed by atoms with E-state index in [1.54, 1.807) is 29.9 Å². The third-order valence-corrected chi connectivity index (χ3v) is 5.43. The number of carbonyl (C=O) groups is 1. The van der Waals surface area contributed by atoms with Crippen LogP contribution in [-0.4, -0.2) is 56.5 Å². The average molecular weight is 368 g/mol. The van der Waals surface area contributed by atoms with Gasteiger partial charge in [0.1, 0.15) is 0 Å². The minimum absolute atomic E-state index is 0.0783. The van der Waals surface area contributed by atoms with E-state index in [9.17, 15) is 4.79 Å². The molecule has 1 amide bonds. The van der Waals surface area contributed by atoms with E-state index in [4.69, 9.17) is 0 Å². The van der Waals surface area contributed by atoms with E-state index in [1.165, 1.54) is 0 Å². The van der Waals surface area contributed by atoms with Crippen LogP contribution in [0.25, 0.3) is 5.13 Å². The van der Waals surface area contributed by atoms with Crippen LogP contribution in [0.3, 0.4) is 0 Å². The first-order valence-electron chi connectivity index (χ1n) is 8.55. The number of aromatic nitrogens is 4. The molecule has 4 rings (SSSR count). The summed E-state index contributed by atoms with van der Waals surface area (Å²) in [6.07, 6.45) is 5.27. The zero-order valence-electron chi connectivity index (χ0n) is 14.8. The first kappa shape index (κ1) is 16.7. The van der Waals surface area contributed by atoms with Crippen molar-refractivity contribution in [2.75, 3.05) is 31.1 Å². The molecule has 0 atom stereocenters. The van der Waals surface area contributed by atoms with Gasteiger partial charge in [-0.05, 0) is 26.0 Å². The summed E-state index contributed by atoms with van der Waals surface area (Å²) in [6, 6.07) is 3.77. The summed E-state index contributed by atoms with van der Waals surface area (Å²) in [4.78, 5) is 30.0. The Labute approximate surface area is 155 Å². The summed E-state index contributed by atoms with van der Waals surface area (Å²) in [5.41, 5.74) is 2.72. The highest BCUT2D eigenvalue weighted by atomic mass is 32.1. The number of piperazine rings is 1. The smallest absolute Gasteiger partial charge is 0.255 e. The van der Waals surface area contributed by atoms with Crippen LogP contribution in [0.15, 0.2) is 36.1 Å². The number of rotatable bonds is 3. The van der Waals surface area contributed by atoms with Crippen LogP contribution >= 0.6 is 11.3 Å². The third-order valence-electron chi connectivity index (χ3n) is 4.67. The Balaban J connectivity index is 1.50. The van der Waals surface area contributed by atoms with Gasteiger partial charge in [0.2, 0.25) is 5.95 Å². The SMILES string of the molecule is Cc1cc(C(=O)N2CCN(c3ncccn3)CC2)c(C)n1-c1nccs1. The van der Waals surface area contributed by atoms with Crippen molar-refractivity contribution >= 4 is 23.2 Å². The van der Waals surface area contributed by atoms with E-state index in [-0.39, 0.29) is 5.91 Å². The number of hydrogen-bond acceptors (Lipinski definition) is 6. The Morgan fingerprint density at radius 3 is 2.42 bits per heavy atom. The van der Waals surface area contributed by atoms with Crippen molar-refractivity contribution in [2.24, 2.45) is 0 Å². The highest BCUT2D eigenvalue weighted by molar-refractivity contribution is 7.12. The van der Waals surface area contributed by atoms with E-state index < -0.39 is 0 Å². The van der Waals surface area contributed by atoms with Gasteiger partial charge in [0.15, 0.2) is 5.13 Å². The molecular weight excluding hydrogens is 348 g/mol. The second-order valence-electron chi connectivity index (χ2n) is 6.26. The zero-order valence-corrected chi connectivity index (χ0v) is 15.6. The molecule has 3 aromatic rings. The molecule has 0 spiro atoms. The Hall–Kier alpha value is -2.74. The number of thiazole rings is 1. The Morgan fingerprint density at radius 1 is 1.04 bits per heavy atom. The van der Waals surface area contributed by atoms with Gasteiger partial charge >= 0.3 is 0 Å². The first-order valence-corrected chi connectivity index (χ1v) is 9.43. The van der Waals surface area contributed by atoms with Gasteiger partial charge in [-0.15, -0.1) is 11.3 Å². The summed E-state index contributed by atoms with van der Waals surface area (Å²) < 4.78 is 2.05. The predicted octanol–water partition coefficient (Wildman–Crippen LogP) is 2.30. The molecule has 0 N–H and O–H groups in total. The molecule has 4 heterocycles. The largest absolute Gasteiger partial charge is 0.337 e. The molecule has 7 nitrogen and oxygen atoms in total. The topological polar surface area (TPSA) is 67.2 Å². The number of nitrogens with zero attached hydrogens (tertiary/aromatic N) is 6. The van der Waals surface area contributed by atoms with Crippen molar-refractivity contribution < 1.29 is 4.79 Å². The number of amides is 1. The highest BCUT2D eigenvalue weighted by Crippen LogP contribution is 2.24. The standard InChI is InChI=1S/C18H20N6OS/c1-13-12-15(14(2)24(13)18-21-6-11-26-18)16(25)22-7-9-23(10-8-22)17-19-4-3-5-20-17/h3-6,11-12H,7-10H2,1-2H3. The number of aryl methyl sites for hydroxylation is 1. The maximum atomic E-state index is 13.0. The van der Waals surface area contributed by atoms with Crippen molar-refractivity contribution in [1.82, 2.24) is 24.4 Å². The lowest BCUT2D eigenvalue weighted by molar-refractivity contribution is 0.0745. The Kier molecular flexibility index (Phi) is 4.42. The quantitative estimate of drug-likeness (QED) is 0.710. The van der Waals surface area contributed by atoms with Gasteiger partial charge in [-0.1, -0.05) is 0 Å². The summed E-state index contributed by atoms with van der Waals surface area (Å²) >= 11 is 1.57. The summed E-state index contributed by atoms with van der Waals surface area (Å²) in [6.45, 7) is 6.80. The van der Waals surface area contributed by atoms with Gasteiger partial charge in [-0.3, -0.25) is 9.36 Å².